The molecule has 0 aliphatic heterocycles. The first-order valence-electron chi connectivity index (χ1n) is 4.73. The Balaban J connectivity index is 3.10. The molecule has 0 fully saturated rings. The standard InChI is InChI=1S/C12H17IO/c1-11(2,3)12(4,14)9-5-7-10(13)8-6-9/h5-8,14H,1-4H3. The van der Waals surface area contributed by atoms with Crippen molar-refractivity contribution >= 4 is 22.6 Å². The Morgan fingerprint density at radius 3 is 1.79 bits per heavy atom. The van der Waals surface area contributed by atoms with Gasteiger partial charge >= 0.3 is 0 Å². The van der Waals surface area contributed by atoms with E-state index in [0.717, 1.165) is 5.56 Å². The third-order valence-electron chi connectivity index (χ3n) is 2.87. The van der Waals surface area contributed by atoms with Gasteiger partial charge in [0.15, 0.2) is 0 Å². The fraction of sp³-hybridized carbons (Fsp3) is 0.500. The second kappa shape index (κ2) is 3.81. The van der Waals surface area contributed by atoms with Crippen LogP contribution in [0.4, 0.5) is 0 Å². The van der Waals surface area contributed by atoms with Gasteiger partial charge in [0.2, 0.25) is 0 Å². The normalized spacial score (nSPS) is 16.4. The third-order valence-corrected chi connectivity index (χ3v) is 3.59. The van der Waals surface area contributed by atoms with Crippen LogP contribution in [0.15, 0.2) is 24.3 Å². The number of halogens is 1. The Labute approximate surface area is 99.7 Å². The lowest BCUT2D eigenvalue weighted by atomic mass is 9.73. The molecule has 1 rings (SSSR count). The molecule has 14 heavy (non-hydrogen) atoms. The van der Waals surface area contributed by atoms with Crippen LogP contribution in [-0.2, 0) is 5.60 Å². The fourth-order valence-electron chi connectivity index (χ4n) is 1.21. The van der Waals surface area contributed by atoms with E-state index in [9.17, 15) is 5.11 Å². The molecule has 2 heteroatoms. The monoisotopic (exact) mass is 304 g/mol. The fourth-order valence-corrected chi connectivity index (χ4v) is 1.57. The highest BCUT2D eigenvalue weighted by atomic mass is 127. The first kappa shape index (κ1) is 12.0. The van der Waals surface area contributed by atoms with Gasteiger partial charge in [-0.25, -0.2) is 0 Å². The summed E-state index contributed by atoms with van der Waals surface area (Å²) in [5, 5.41) is 10.4. The molecular formula is C12H17IO. The molecule has 0 aliphatic carbocycles. The average molecular weight is 304 g/mol. The molecule has 0 saturated heterocycles. The van der Waals surface area contributed by atoms with Crippen molar-refractivity contribution in [3.05, 3.63) is 33.4 Å². The van der Waals surface area contributed by atoms with E-state index in [1.54, 1.807) is 0 Å². The van der Waals surface area contributed by atoms with Crippen LogP contribution in [0.25, 0.3) is 0 Å². The maximum Gasteiger partial charge on any atom is 0.0916 e. The van der Waals surface area contributed by atoms with Gasteiger partial charge in [-0.1, -0.05) is 32.9 Å². The van der Waals surface area contributed by atoms with E-state index >= 15 is 0 Å². The predicted molar refractivity (Wildman–Crippen MR) is 68.2 cm³/mol. The molecule has 1 aromatic carbocycles. The van der Waals surface area contributed by atoms with E-state index in [1.165, 1.54) is 3.57 Å². The lowest BCUT2D eigenvalue weighted by molar-refractivity contribution is -0.0470. The van der Waals surface area contributed by atoms with Crippen LogP contribution in [0.3, 0.4) is 0 Å². The highest BCUT2D eigenvalue weighted by Gasteiger charge is 2.36. The number of benzene rings is 1. The van der Waals surface area contributed by atoms with Gasteiger partial charge in [0.05, 0.1) is 5.60 Å². The van der Waals surface area contributed by atoms with Gasteiger partial charge in [0.25, 0.3) is 0 Å². The first-order chi connectivity index (χ1) is 6.25. The summed E-state index contributed by atoms with van der Waals surface area (Å²) < 4.78 is 1.19. The van der Waals surface area contributed by atoms with Crippen molar-refractivity contribution in [1.29, 1.82) is 0 Å². The zero-order valence-electron chi connectivity index (χ0n) is 9.13. The Bertz CT molecular complexity index is 306. The summed E-state index contributed by atoms with van der Waals surface area (Å²) in [4.78, 5) is 0. The third kappa shape index (κ3) is 2.28. The van der Waals surface area contributed by atoms with Gasteiger partial charge < -0.3 is 5.11 Å². The van der Waals surface area contributed by atoms with Crippen molar-refractivity contribution in [2.75, 3.05) is 0 Å². The zero-order valence-corrected chi connectivity index (χ0v) is 11.3. The van der Waals surface area contributed by atoms with Gasteiger partial charge in [-0.15, -0.1) is 0 Å². The maximum atomic E-state index is 10.4. The summed E-state index contributed by atoms with van der Waals surface area (Å²) in [5.74, 6) is 0. The molecule has 0 spiro atoms. The summed E-state index contributed by atoms with van der Waals surface area (Å²) in [6.07, 6.45) is 0. The van der Waals surface area contributed by atoms with Crippen molar-refractivity contribution in [3.63, 3.8) is 0 Å². The average Bonchev–Trinajstić information content (AvgIpc) is 2.03. The van der Waals surface area contributed by atoms with Crippen LogP contribution in [0.1, 0.15) is 33.3 Å². The summed E-state index contributed by atoms with van der Waals surface area (Å²) in [6.45, 7) is 8.01. The minimum atomic E-state index is -0.780. The van der Waals surface area contributed by atoms with Crippen LogP contribution >= 0.6 is 22.6 Å². The lowest BCUT2D eigenvalue weighted by Crippen LogP contribution is -2.36. The van der Waals surface area contributed by atoms with Gasteiger partial charge in [0, 0.05) is 3.57 Å². The molecule has 0 aromatic heterocycles. The second-order valence-electron chi connectivity index (χ2n) is 4.83. The molecule has 0 bridgehead atoms. The van der Waals surface area contributed by atoms with Crippen molar-refractivity contribution in [2.45, 2.75) is 33.3 Å². The molecule has 0 amide bonds. The number of hydrogen-bond acceptors (Lipinski definition) is 1. The topological polar surface area (TPSA) is 20.2 Å². The Morgan fingerprint density at radius 1 is 1.00 bits per heavy atom. The molecule has 0 heterocycles. The SMILES string of the molecule is CC(C)(C)C(C)(O)c1ccc(I)cc1. The van der Waals surface area contributed by atoms with Gasteiger partial charge in [-0.05, 0) is 52.6 Å². The highest BCUT2D eigenvalue weighted by Crippen LogP contribution is 2.38. The molecule has 78 valence electrons. The quantitative estimate of drug-likeness (QED) is 0.787. The van der Waals surface area contributed by atoms with Crippen LogP contribution in [0, 0.1) is 8.99 Å². The van der Waals surface area contributed by atoms with E-state index in [1.807, 2.05) is 52.0 Å². The molecule has 1 unspecified atom stereocenters. The molecule has 0 aliphatic rings. The Morgan fingerprint density at radius 2 is 1.43 bits per heavy atom. The highest BCUT2D eigenvalue weighted by molar-refractivity contribution is 14.1. The van der Waals surface area contributed by atoms with Crippen molar-refractivity contribution in [1.82, 2.24) is 0 Å². The second-order valence-corrected chi connectivity index (χ2v) is 6.07. The van der Waals surface area contributed by atoms with E-state index in [-0.39, 0.29) is 5.41 Å². The predicted octanol–water partition coefficient (Wildman–Crippen LogP) is 3.54. The van der Waals surface area contributed by atoms with Gasteiger partial charge in [-0.2, -0.15) is 0 Å². The molecule has 1 nitrogen and oxygen atoms in total. The number of rotatable bonds is 1. The molecule has 0 saturated carbocycles. The molecular weight excluding hydrogens is 287 g/mol. The van der Waals surface area contributed by atoms with Crippen LogP contribution < -0.4 is 0 Å². The lowest BCUT2D eigenvalue weighted by Gasteiger charge is -2.37. The maximum absolute atomic E-state index is 10.4. The van der Waals surface area contributed by atoms with Gasteiger partial charge in [-0.3, -0.25) is 0 Å². The Kier molecular flexibility index (Phi) is 3.26. The molecule has 0 radical (unpaired) electrons. The van der Waals surface area contributed by atoms with Crippen molar-refractivity contribution < 1.29 is 5.11 Å². The molecule has 1 atom stereocenters. The number of aliphatic hydroxyl groups is 1. The van der Waals surface area contributed by atoms with E-state index in [4.69, 9.17) is 0 Å². The minimum absolute atomic E-state index is 0.153. The number of hydrogen-bond donors (Lipinski definition) is 1. The van der Waals surface area contributed by atoms with E-state index in [0.29, 0.717) is 0 Å². The van der Waals surface area contributed by atoms with Crippen molar-refractivity contribution in [2.24, 2.45) is 5.41 Å². The smallest absolute Gasteiger partial charge is 0.0916 e. The van der Waals surface area contributed by atoms with Crippen LogP contribution in [-0.4, -0.2) is 5.11 Å². The minimum Gasteiger partial charge on any atom is -0.385 e. The van der Waals surface area contributed by atoms with E-state index < -0.39 is 5.60 Å². The molecule has 1 N–H and O–H groups in total. The molecule has 1 aromatic rings. The summed E-state index contributed by atoms with van der Waals surface area (Å²) in [7, 11) is 0. The van der Waals surface area contributed by atoms with E-state index in [2.05, 4.69) is 22.6 Å². The summed E-state index contributed by atoms with van der Waals surface area (Å²) >= 11 is 2.26. The summed E-state index contributed by atoms with van der Waals surface area (Å²) in [6, 6.07) is 8.03. The van der Waals surface area contributed by atoms with Gasteiger partial charge in [0.1, 0.15) is 0 Å². The first-order valence-corrected chi connectivity index (χ1v) is 5.81. The van der Waals surface area contributed by atoms with Crippen molar-refractivity contribution in [3.8, 4) is 0 Å². The largest absolute Gasteiger partial charge is 0.385 e. The van der Waals surface area contributed by atoms with Crippen LogP contribution in [0.5, 0.6) is 0 Å². The Hall–Kier alpha value is -0.0900. The van der Waals surface area contributed by atoms with Crippen LogP contribution in [0.2, 0.25) is 0 Å². The zero-order chi connectivity index (χ0) is 11.0. The summed E-state index contributed by atoms with van der Waals surface area (Å²) in [5.41, 5.74) is 0.0438.